The first-order chi connectivity index (χ1) is 15.9. The van der Waals surface area contributed by atoms with E-state index in [0.717, 1.165) is 20.0 Å². The molecule has 4 atom stereocenters. The summed E-state index contributed by atoms with van der Waals surface area (Å²) in [5, 5.41) is 30.8. The number of carboxylic acid groups (broad SMARTS) is 1. The lowest BCUT2D eigenvalue weighted by Crippen LogP contribution is -2.18. The number of fused-ring (bicyclic) bond motifs is 1. The van der Waals surface area contributed by atoms with E-state index >= 15 is 0 Å². The number of aliphatic carboxylic acids is 1. The fourth-order valence-electron chi connectivity index (χ4n) is 4.44. The Morgan fingerprint density at radius 2 is 2.06 bits per heavy atom. The minimum atomic E-state index is -0.807. The molecule has 1 fully saturated rings. The summed E-state index contributed by atoms with van der Waals surface area (Å²) in [6.07, 6.45) is 10.3. The average molecular weight is 491 g/mol. The van der Waals surface area contributed by atoms with Gasteiger partial charge in [-0.15, -0.1) is 11.3 Å². The summed E-state index contributed by atoms with van der Waals surface area (Å²) >= 11 is 8.15. The van der Waals surface area contributed by atoms with E-state index in [1.807, 2.05) is 42.5 Å². The van der Waals surface area contributed by atoms with Crippen molar-refractivity contribution in [2.24, 2.45) is 17.8 Å². The van der Waals surface area contributed by atoms with E-state index in [1.54, 1.807) is 17.4 Å². The summed E-state index contributed by atoms with van der Waals surface area (Å²) < 4.78 is 1.14. The number of Topliss-reactive ketones (excluding diaryl/α,β-unsaturated/α-hetero) is 1. The number of unbranched alkanes of at least 4 members (excludes halogenated alkanes) is 1. The number of aryl methyl sites for hydroxylation is 1. The van der Waals surface area contributed by atoms with Crippen LogP contribution in [-0.2, 0) is 16.0 Å². The first-order valence-corrected chi connectivity index (χ1v) is 12.6. The van der Waals surface area contributed by atoms with E-state index in [1.165, 1.54) is 0 Å². The number of aliphatic hydroxyl groups excluding tert-OH is 2. The summed E-state index contributed by atoms with van der Waals surface area (Å²) in [4.78, 5) is 24.1. The van der Waals surface area contributed by atoms with Crippen LogP contribution >= 0.6 is 22.9 Å². The molecule has 3 rings (SSSR count). The lowest BCUT2D eigenvalue weighted by molar-refractivity contribution is -0.137. The second kappa shape index (κ2) is 12.5. The highest BCUT2D eigenvalue weighted by atomic mass is 35.5. The molecule has 0 aliphatic heterocycles. The normalized spacial score (nSPS) is 22.2. The number of carbonyl (C=O) groups is 2. The van der Waals surface area contributed by atoms with Gasteiger partial charge in [-0.05, 0) is 50.0 Å². The van der Waals surface area contributed by atoms with Crippen LogP contribution in [0.5, 0.6) is 0 Å². The van der Waals surface area contributed by atoms with Crippen molar-refractivity contribution in [2.75, 3.05) is 6.61 Å². The average Bonchev–Trinajstić information content (AvgIpc) is 3.29. The molecule has 0 bridgehead atoms. The number of ketones is 1. The molecule has 0 amide bonds. The van der Waals surface area contributed by atoms with Crippen molar-refractivity contribution in [2.45, 2.75) is 51.0 Å². The van der Waals surface area contributed by atoms with Gasteiger partial charge in [0.25, 0.3) is 0 Å². The maximum absolute atomic E-state index is 12.5. The van der Waals surface area contributed by atoms with E-state index in [-0.39, 0.29) is 36.6 Å². The molecule has 1 heterocycles. The number of allylic oxidation sites excluding steroid dienone is 3. The zero-order chi connectivity index (χ0) is 23.8. The van der Waals surface area contributed by atoms with Crippen LogP contribution in [0.3, 0.4) is 0 Å². The van der Waals surface area contributed by atoms with Gasteiger partial charge in [0.2, 0.25) is 0 Å². The van der Waals surface area contributed by atoms with Gasteiger partial charge in [0, 0.05) is 40.3 Å². The molecule has 7 heteroatoms. The number of thiophene rings is 1. The standard InChI is InChI=1S/C26H31ClO5S/c27-26-21-8-5-6-9-23(21)33-24(26)14-12-18(29)11-13-19-17(16-28)15-22(30)20(19)7-3-1-2-4-10-25(31)32/h1,3,5-6,8-9,11,13,17-20,28-29H,2,4,7,10,12,14-16H2,(H,31,32)/b3-1-,13-11+/t17-,18?,19-,20+/m0/s1. The van der Waals surface area contributed by atoms with Crippen molar-refractivity contribution >= 4 is 44.8 Å². The summed E-state index contributed by atoms with van der Waals surface area (Å²) in [5.41, 5.74) is 0. The molecule has 5 nitrogen and oxygen atoms in total. The molecule has 0 saturated heterocycles. The van der Waals surface area contributed by atoms with Crippen molar-refractivity contribution in [1.82, 2.24) is 0 Å². The zero-order valence-electron chi connectivity index (χ0n) is 18.5. The predicted molar refractivity (Wildman–Crippen MR) is 133 cm³/mol. The molecule has 0 radical (unpaired) electrons. The SMILES string of the molecule is O=C(O)CCC/C=C\C[C@H]1C(=O)C[C@@H](CO)[C@@H]1/C=C/C(O)CCc1sc2ccccc2c1Cl. The molecular formula is C26H31ClO5S. The minimum absolute atomic E-state index is 0.0624. The van der Waals surface area contributed by atoms with E-state index in [4.69, 9.17) is 16.7 Å². The highest BCUT2D eigenvalue weighted by Crippen LogP contribution is 2.38. The maximum Gasteiger partial charge on any atom is 0.303 e. The van der Waals surface area contributed by atoms with Gasteiger partial charge in [-0.1, -0.05) is 54.1 Å². The Morgan fingerprint density at radius 1 is 1.27 bits per heavy atom. The molecule has 0 spiro atoms. The van der Waals surface area contributed by atoms with Crippen LogP contribution in [0.4, 0.5) is 0 Å². The number of rotatable bonds is 12. The van der Waals surface area contributed by atoms with Crippen molar-refractivity contribution in [3.63, 3.8) is 0 Å². The smallest absolute Gasteiger partial charge is 0.303 e. The van der Waals surface area contributed by atoms with E-state index in [0.29, 0.717) is 38.5 Å². The Bertz CT molecular complexity index is 1010. The molecule has 1 unspecified atom stereocenters. The number of aliphatic hydroxyl groups is 2. The lowest BCUT2D eigenvalue weighted by Gasteiger charge is -2.19. The molecule has 1 aromatic carbocycles. The van der Waals surface area contributed by atoms with Gasteiger partial charge >= 0.3 is 5.97 Å². The first kappa shape index (κ1) is 25.6. The highest BCUT2D eigenvalue weighted by Gasteiger charge is 2.39. The molecular weight excluding hydrogens is 460 g/mol. The highest BCUT2D eigenvalue weighted by molar-refractivity contribution is 7.19. The van der Waals surface area contributed by atoms with Crippen LogP contribution in [0.1, 0.15) is 43.4 Å². The van der Waals surface area contributed by atoms with Crippen LogP contribution in [0.25, 0.3) is 10.1 Å². The van der Waals surface area contributed by atoms with E-state index in [9.17, 15) is 19.8 Å². The second-order valence-electron chi connectivity index (χ2n) is 8.62. The quantitative estimate of drug-likeness (QED) is 0.273. The van der Waals surface area contributed by atoms with E-state index in [2.05, 4.69) is 0 Å². The molecule has 1 aliphatic carbocycles. The minimum Gasteiger partial charge on any atom is -0.481 e. The predicted octanol–water partition coefficient (Wildman–Crippen LogP) is 5.42. The fraction of sp³-hybridized carbons (Fsp3) is 0.462. The van der Waals surface area contributed by atoms with Gasteiger partial charge in [-0.2, -0.15) is 0 Å². The van der Waals surface area contributed by atoms with Gasteiger partial charge in [-0.3, -0.25) is 9.59 Å². The van der Waals surface area contributed by atoms with Gasteiger partial charge in [0.1, 0.15) is 5.78 Å². The third-order valence-corrected chi connectivity index (χ3v) is 8.04. The third-order valence-electron chi connectivity index (χ3n) is 6.26. The number of carboxylic acids is 1. The first-order valence-electron chi connectivity index (χ1n) is 11.4. The number of hydrogen-bond acceptors (Lipinski definition) is 5. The Morgan fingerprint density at radius 3 is 2.79 bits per heavy atom. The maximum atomic E-state index is 12.5. The van der Waals surface area contributed by atoms with Crippen LogP contribution in [-0.4, -0.2) is 39.8 Å². The van der Waals surface area contributed by atoms with Gasteiger partial charge in [0.15, 0.2) is 0 Å². The zero-order valence-corrected chi connectivity index (χ0v) is 20.1. The molecule has 2 aromatic rings. The molecule has 33 heavy (non-hydrogen) atoms. The summed E-state index contributed by atoms with van der Waals surface area (Å²) in [7, 11) is 0. The second-order valence-corrected chi connectivity index (χ2v) is 10.1. The summed E-state index contributed by atoms with van der Waals surface area (Å²) in [5.74, 6) is -1.15. The molecule has 178 valence electrons. The van der Waals surface area contributed by atoms with Gasteiger partial charge in [0.05, 0.1) is 11.1 Å². The van der Waals surface area contributed by atoms with Crippen LogP contribution in [0, 0.1) is 17.8 Å². The van der Waals surface area contributed by atoms with Crippen molar-refractivity contribution in [1.29, 1.82) is 0 Å². The summed E-state index contributed by atoms with van der Waals surface area (Å²) in [6.45, 7) is -0.0624. The number of benzene rings is 1. The van der Waals surface area contributed by atoms with Crippen molar-refractivity contribution in [3.8, 4) is 0 Å². The van der Waals surface area contributed by atoms with E-state index < -0.39 is 12.1 Å². The number of hydrogen-bond donors (Lipinski definition) is 3. The largest absolute Gasteiger partial charge is 0.481 e. The van der Waals surface area contributed by atoms with Gasteiger partial charge < -0.3 is 15.3 Å². The van der Waals surface area contributed by atoms with Crippen molar-refractivity contribution in [3.05, 3.63) is 58.5 Å². The summed E-state index contributed by atoms with van der Waals surface area (Å²) in [6, 6.07) is 7.99. The monoisotopic (exact) mass is 490 g/mol. The third kappa shape index (κ3) is 7.00. The Balaban J connectivity index is 1.56. The van der Waals surface area contributed by atoms with Crippen molar-refractivity contribution < 1.29 is 24.9 Å². The number of carbonyl (C=O) groups excluding carboxylic acids is 1. The van der Waals surface area contributed by atoms with Crippen LogP contribution in [0.15, 0.2) is 48.6 Å². The molecule has 3 N–H and O–H groups in total. The topological polar surface area (TPSA) is 94.8 Å². The number of halogens is 1. The lowest BCUT2D eigenvalue weighted by atomic mass is 9.86. The molecule has 1 aliphatic rings. The van der Waals surface area contributed by atoms with Crippen LogP contribution in [0.2, 0.25) is 5.02 Å². The Labute approximate surface area is 203 Å². The Kier molecular flexibility index (Phi) is 9.68. The van der Waals surface area contributed by atoms with Gasteiger partial charge in [-0.25, -0.2) is 0 Å². The fourth-order valence-corrected chi connectivity index (χ4v) is 5.99. The molecule has 1 aromatic heterocycles. The van der Waals surface area contributed by atoms with Crippen LogP contribution < -0.4 is 0 Å². The Hall–Kier alpha value is -1.99. The molecule has 1 saturated carbocycles.